The van der Waals surface area contributed by atoms with E-state index in [0.717, 1.165) is 0 Å². The minimum atomic E-state index is -0.399. The Bertz CT molecular complexity index is 930. The number of anilines is 1. The standard InChI is InChI=1S/C22H21FN2O3/c1-14-12-24(13-15(2)28-14)20-19(16-8-10-17(23)11-9-16)21(26)25(22(20)27)18-6-4-3-5-7-18/h3-11,14-15H,12-13H2,1-2H3. The van der Waals surface area contributed by atoms with E-state index in [-0.39, 0.29) is 18.1 Å². The van der Waals surface area contributed by atoms with Crippen LogP contribution in [0.15, 0.2) is 60.3 Å². The number of nitrogens with zero attached hydrogens (tertiary/aromatic N) is 2. The number of hydrogen-bond acceptors (Lipinski definition) is 4. The fourth-order valence-corrected chi connectivity index (χ4v) is 3.86. The van der Waals surface area contributed by atoms with Gasteiger partial charge < -0.3 is 9.64 Å². The van der Waals surface area contributed by atoms with Crippen LogP contribution < -0.4 is 4.90 Å². The molecule has 0 saturated carbocycles. The van der Waals surface area contributed by atoms with Gasteiger partial charge in [-0.1, -0.05) is 30.3 Å². The molecule has 1 saturated heterocycles. The minimum Gasteiger partial charge on any atom is -0.372 e. The zero-order valence-corrected chi connectivity index (χ0v) is 15.8. The van der Waals surface area contributed by atoms with Gasteiger partial charge in [-0.15, -0.1) is 0 Å². The van der Waals surface area contributed by atoms with Gasteiger partial charge in [0.05, 0.1) is 23.5 Å². The first-order chi connectivity index (χ1) is 13.5. The number of morpholine rings is 1. The van der Waals surface area contributed by atoms with Crippen molar-refractivity contribution in [2.45, 2.75) is 26.1 Å². The minimum absolute atomic E-state index is 0.0700. The van der Waals surface area contributed by atoms with Gasteiger partial charge in [0.15, 0.2) is 0 Å². The van der Waals surface area contributed by atoms with Crippen molar-refractivity contribution >= 4 is 23.1 Å². The van der Waals surface area contributed by atoms with Gasteiger partial charge in [-0.2, -0.15) is 0 Å². The molecule has 2 heterocycles. The van der Waals surface area contributed by atoms with E-state index in [9.17, 15) is 14.0 Å². The van der Waals surface area contributed by atoms with Crippen molar-refractivity contribution in [2.24, 2.45) is 0 Å². The summed E-state index contributed by atoms with van der Waals surface area (Å²) < 4.78 is 19.2. The van der Waals surface area contributed by atoms with Crippen molar-refractivity contribution in [1.82, 2.24) is 4.90 Å². The van der Waals surface area contributed by atoms with Gasteiger partial charge in [0, 0.05) is 13.1 Å². The molecule has 5 nitrogen and oxygen atoms in total. The van der Waals surface area contributed by atoms with Crippen LogP contribution in [0.3, 0.4) is 0 Å². The van der Waals surface area contributed by atoms with Gasteiger partial charge in [0.25, 0.3) is 11.8 Å². The van der Waals surface area contributed by atoms with Crippen LogP contribution in [0, 0.1) is 5.82 Å². The third-order valence-corrected chi connectivity index (χ3v) is 4.94. The second-order valence-electron chi connectivity index (χ2n) is 7.17. The zero-order chi connectivity index (χ0) is 19.8. The molecule has 6 heteroatoms. The molecule has 2 amide bonds. The summed E-state index contributed by atoms with van der Waals surface area (Å²) in [7, 11) is 0. The van der Waals surface area contributed by atoms with E-state index < -0.39 is 11.7 Å². The molecule has 0 spiro atoms. The Morgan fingerprint density at radius 3 is 2.11 bits per heavy atom. The lowest BCUT2D eigenvalue weighted by atomic mass is 10.0. The third kappa shape index (κ3) is 3.20. The second-order valence-corrected chi connectivity index (χ2v) is 7.17. The molecule has 2 unspecified atom stereocenters. The Morgan fingerprint density at radius 1 is 0.893 bits per heavy atom. The molecular weight excluding hydrogens is 359 g/mol. The Balaban J connectivity index is 1.83. The van der Waals surface area contributed by atoms with Crippen LogP contribution in [0.1, 0.15) is 19.4 Å². The molecule has 0 aliphatic carbocycles. The monoisotopic (exact) mass is 380 g/mol. The van der Waals surface area contributed by atoms with E-state index in [4.69, 9.17) is 4.74 Å². The highest BCUT2D eigenvalue weighted by Gasteiger charge is 2.43. The predicted molar refractivity (Wildman–Crippen MR) is 104 cm³/mol. The number of benzene rings is 2. The molecule has 0 radical (unpaired) electrons. The Hall–Kier alpha value is -2.99. The molecule has 2 aliphatic rings. The first-order valence-electron chi connectivity index (χ1n) is 9.30. The van der Waals surface area contributed by atoms with E-state index in [1.54, 1.807) is 24.3 Å². The molecule has 2 aromatic rings. The first-order valence-corrected chi connectivity index (χ1v) is 9.30. The quantitative estimate of drug-likeness (QED) is 0.768. The summed E-state index contributed by atoms with van der Waals surface area (Å²) in [4.78, 5) is 29.8. The van der Waals surface area contributed by atoms with Gasteiger partial charge in [0.2, 0.25) is 0 Å². The SMILES string of the molecule is CC1CN(C2=C(c3ccc(F)cc3)C(=O)N(c3ccccc3)C2=O)CC(C)O1. The van der Waals surface area contributed by atoms with Crippen LogP contribution in [0.2, 0.25) is 0 Å². The highest BCUT2D eigenvalue weighted by molar-refractivity contribution is 6.45. The summed E-state index contributed by atoms with van der Waals surface area (Å²) in [5.74, 6) is -1.15. The van der Waals surface area contributed by atoms with Crippen molar-refractivity contribution < 1.29 is 18.7 Å². The van der Waals surface area contributed by atoms with Crippen LogP contribution in [-0.2, 0) is 14.3 Å². The molecular formula is C22H21FN2O3. The number of para-hydroxylation sites is 1. The lowest BCUT2D eigenvalue weighted by Gasteiger charge is -2.37. The number of carbonyl (C=O) groups excluding carboxylic acids is 2. The summed E-state index contributed by atoms with van der Waals surface area (Å²) in [6.45, 7) is 4.89. The molecule has 0 N–H and O–H groups in total. The molecule has 2 atom stereocenters. The molecule has 1 fully saturated rings. The molecule has 144 valence electrons. The number of hydrogen-bond donors (Lipinski definition) is 0. The summed E-state index contributed by atoms with van der Waals surface area (Å²) >= 11 is 0. The maximum atomic E-state index is 13.4. The number of rotatable bonds is 3. The topological polar surface area (TPSA) is 49.9 Å². The fraction of sp³-hybridized carbons (Fsp3) is 0.273. The average molecular weight is 380 g/mol. The van der Waals surface area contributed by atoms with E-state index in [2.05, 4.69) is 0 Å². The summed E-state index contributed by atoms with van der Waals surface area (Å²) in [5, 5.41) is 0. The van der Waals surface area contributed by atoms with E-state index >= 15 is 0 Å². The smallest absolute Gasteiger partial charge is 0.282 e. The van der Waals surface area contributed by atoms with Gasteiger partial charge in [-0.25, -0.2) is 9.29 Å². The molecule has 0 bridgehead atoms. The van der Waals surface area contributed by atoms with Gasteiger partial charge in [0.1, 0.15) is 11.5 Å². The summed E-state index contributed by atoms with van der Waals surface area (Å²) in [5.41, 5.74) is 1.69. The maximum Gasteiger partial charge on any atom is 0.282 e. The van der Waals surface area contributed by atoms with Crippen molar-refractivity contribution in [2.75, 3.05) is 18.0 Å². The Labute approximate surface area is 163 Å². The van der Waals surface area contributed by atoms with Crippen molar-refractivity contribution in [1.29, 1.82) is 0 Å². The number of ether oxygens (including phenoxy) is 1. The predicted octanol–water partition coefficient (Wildman–Crippen LogP) is 3.22. The Kier molecular flexibility index (Phi) is 4.73. The van der Waals surface area contributed by atoms with Gasteiger partial charge >= 0.3 is 0 Å². The lowest BCUT2D eigenvalue weighted by Crippen LogP contribution is -2.47. The molecule has 2 aromatic carbocycles. The molecule has 2 aliphatic heterocycles. The first kappa shape index (κ1) is 18.4. The van der Waals surface area contributed by atoms with Gasteiger partial charge in [-0.05, 0) is 43.7 Å². The van der Waals surface area contributed by atoms with E-state index in [0.29, 0.717) is 35.6 Å². The normalized spacial score (nSPS) is 23.0. The van der Waals surface area contributed by atoms with Crippen LogP contribution in [0.25, 0.3) is 5.57 Å². The van der Waals surface area contributed by atoms with Crippen LogP contribution in [0.4, 0.5) is 10.1 Å². The lowest BCUT2D eigenvalue weighted by molar-refractivity contribution is -0.121. The zero-order valence-electron chi connectivity index (χ0n) is 15.8. The molecule has 4 rings (SSSR count). The third-order valence-electron chi connectivity index (χ3n) is 4.94. The fourth-order valence-electron chi connectivity index (χ4n) is 3.86. The Morgan fingerprint density at radius 2 is 1.50 bits per heavy atom. The highest BCUT2D eigenvalue weighted by atomic mass is 19.1. The van der Waals surface area contributed by atoms with E-state index in [1.165, 1.54) is 29.2 Å². The van der Waals surface area contributed by atoms with Crippen molar-refractivity contribution in [3.8, 4) is 0 Å². The maximum absolute atomic E-state index is 13.4. The largest absolute Gasteiger partial charge is 0.372 e. The number of carbonyl (C=O) groups is 2. The summed E-state index contributed by atoms with van der Waals surface area (Å²) in [6.07, 6.45) is -0.140. The number of halogens is 1. The van der Waals surface area contributed by atoms with Crippen LogP contribution in [0.5, 0.6) is 0 Å². The number of imide groups is 1. The van der Waals surface area contributed by atoms with Crippen molar-refractivity contribution in [3.05, 3.63) is 71.7 Å². The molecule has 0 aromatic heterocycles. The average Bonchev–Trinajstić information content (AvgIpc) is 2.93. The molecule has 28 heavy (non-hydrogen) atoms. The van der Waals surface area contributed by atoms with Crippen LogP contribution >= 0.6 is 0 Å². The highest BCUT2D eigenvalue weighted by Crippen LogP contribution is 2.35. The van der Waals surface area contributed by atoms with Crippen molar-refractivity contribution in [3.63, 3.8) is 0 Å². The van der Waals surface area contributed by atoms with Crippen LogP contribution in [-0.4, -0.2) is 42.0 Å². The second kappa shape index (κ2) is 7.20. The number of amides is 2. The summed E-state index contributed by atoms with van der Waals surface area (Å²) in [6, 6.07) is 14.5. The van der Waals surface area contributed by atoms with Gasteiger partial charge in [-0.3, -0.25) is 9.59 Å². The van der Waals surface area contributed by atoms with E-state index in [1.807, 2.05) is 24.8 Å².